The van der Waals surface area contributed by atoms with Gasteiger partial charge in [0.1, 0.15) is 6.61 Å². The molecule has 1 aliphatic heterocycles. The molecule has 1 atom stereocenters. The molecule has 29 heavy (non-hydrogen) atoms. The molecule has 5 nitrogen and oxygen atoms in total. The summed E-state index contributed by atoms with van der Waals surface area (Å²) in [5.74, 6) is 0.801. The molecule has 2 aliphatic rings. The van der Waals surface area contributed by atoms with E-state index in [4.69, 9.17) is 4.74 Å². The number of aromatic nitrogens is 1. The molecule has 1 aliphatic carbocycles. The lowest BCUT2D eigenvalue weighted by atomic mass is 9.77. The number of nitrogens with zero attached hydrogens (tertiary/aromatic N) is 2. The van der Waals surface area contributed by atoms with E-state index in [1.54, 1.807) is 0 Å². The molecular weight excluding hydrogens is 364 g/mol. The number of rotatable bonds is 5. The van der Waals surface area contributed by atoms with Gasteiger partial charge in [-0.1, -0.05) is 30.3 Å². The molecule has 152 valence electrons. The van der Waals surface area contributed by atoms with Gasteiger partial charge in [0.05, 0.1) is 6.04 Å². The first-order valence-electron chi connectivity index (χ1n) is 10.6. The average Bonchev–Trinajstić information content (AvgIpc) is 3.09. The number of hydrogen-bond acceptors (Lipinski definition) is 4. The summed E-state index contributed by atoms with van der Waals surface area (Å²) >= 11 is 0. The first-order valence-corrected chi connectivity index (χ1v) is 10.6. The highest BCUT2D eigenvalue weighted by atomic mass is 16.6. The van der Waals surface area contributed by atoms with Crippen LogP contribution in [-0.4, -0.2) is 34.5 Å². The Kier molecular flexibility index (Phi) is 5.93. The Balaban J connectivity index is 1.33. The van der Waals surface area contributed by atoms with E-state index in [2.05, 4.69) is 17.1 Å². The molecule has 1 saturated carbocycles. The van der Waals surface area contributed by atoms with Crippen LogP contribution in [0.25, 0.3) is 0 Å². The van der Waals surface area contributed by atoms with E-state index in [0.717, 1.165) is 36.9 Å². The molecule has 4 rings (SSSR count). The summed E-state index contributed by atoms with van der Waals surface area (Å²) in [6.07, 6.45) is 6.67. The van der Waals surface area contributed by atoms with Crippen molar-refractivity contribution in [2.45, 2.75) is 57.4 Å². The maximum Gasteiger partial charge on any atom is 0.416 e. The predicted molar refractivity (Wildman–Crippen MR) is 110 cm³/mol. The van der Waals surface area contributed by atoms with Crippen molar-refractivity contribution in [2.75, 3.05) is 6.61 Å². The van der Waals surface area contributed by atoms with E-state index in [1.807, 2.05) is 43.5 Å². The number of carbonyl (C=O) groups excluding carboxylic acids is 2. The zero-order chi connectivity index (χ0) is 20.2. The van der Waals surface area contributed by atoms with Crippen molar-refractivity contribution in [3.8, 4) is 0 Å². The Labute approximate surface area is 172 Å². The summed E-state index contributed by atoms with van der Waals surface area (Å²) in [7, 11) is 0. The third kappa shape index (κ3) is 4.66. The smallest absolute Gasteiger partial charge is 0.416 e. The van der Waals surface area contributed by atoms with Crippen molar-refractivity contribution in [2.24, 2.45) is 5.92 Å². The lowest BCUT2D eigenvalue weighted by molar-refractivity contribution is -0.130. The standard InChI is InChI=1S/C24H28N2O3/c1-17-13-21(11-12-25-17)20-9-7-19(8-10-20)15-23(27)26-22(16-29-24(26)28)14-18-5-3-2-4-6-18/h2-6,11-13,19-20,22H,7-10,14-16H2,1H3/t19?,20?,22-/m1/s1. The Morgan fingerprint density at radius 1 is 1.14 bits per heavy atom. The Morgan fingerprint density at radius 2 is 1.90 bits per heavy atom. The Morgan fingerprint density at radius 3 is 2.62 bits per heavy atom. The van der Waals surface area contributed by atoms with Crippen molar-refractivity contribution in [1.29, 1.82) is 0 Å². The van der Waals surface area contributed by atoms with Gasteiger partial charge in [-0.3, -0.25) is 9.78 Å². The minimum atomic E-state index is -0.489. The molecule has 0 N–H and O–H groups in total. The average molecular weight is 392 g/mol. The number of hydrogen-bond donors (Lipinski definition) is 0. The van der Waals surface area contributed by atoms with Crippen molar-refractivity contribution in [3.63, 3.8) is 0 Å². The quantitative estimate of drug-likeness (QED) is 0.743. The summed E-state index contributed by atoms with van der Waals surface area (Å²) in [6.45, 7) is 2.31. The van der Waals surface area contributed by atoms with Gasteiger partial charge in [-0.15, -0.1) is 0 Å². The van der Waals surface area contributed by atoms with Crippen LogP contribution in [0.2, 0.25) is 0 Å². The van der Waals surface area contributed by atoms with Crippen LogP contribution in [0.15, 0.2) is 48.7 Å². The van der Waals surface area contributed by atoms with Crippen molar-refractivity contribution in [3.05, 3.63) is 65.5 Å². The van der Waals surface area contributed by atoms with Crippen molar-refractivity contribution < 1.29 is 14.3 Å². The first kappa shape index (κ1) is 19.6. The van der Waals surface area contributed by atoms with E-state index in [1.165, 1.54) is 10.5 Å². The number of aryl methyl sites for hydroxylation is 1. The van der Waals surface area contributed by atoms with Crippen LogP contribution >= 0.6 is 0 Å². The van der Waals surface area contributed by atoms with E-state index in [-0.39, 0.29) is 18.6 Å². The van der Waals surface area contributed by atoms with Crippen LogP contribution in [0.1, 0.15) is 54.8 Å². The molecule has 2 amide bonds. The van der Waals surface area contributed by atoms with Gasteiger partial charge in [-0.25, -0.2) is 9.69 Å². The van der Waals surface area contributed by atoms with E-state index < -0.39 is 6.09 Å². The van der Waals surface area contributed by atoms with E-state index in [9.17, 15) is 9.59 Å². The number of cyclic esters (lactones) is 1. The van der Waals surface area contributed by atoms with Gasteiger partial charge in [0.15, 0.2) is 0 Å². The fourth-order valence-corrected chi connectivity index (χ4v) is 4.67. The van der Waals surface area contributed by atoms with Gasteiger partial charge in [0, 0.05) is 18.3 Å². The van der Waals surface area contributed by atoms with Gasteiger partial charge in [-0.05, 0) is 74.1 Å². The normalized spacial score (nSPS) is 24.4. The fourth-order valence-electron chi connectivity index (χ4n) is 4.67. The molecule has 0 bridgehead atoms. The number of amides is 2. The minimum Gasteiger partial charge on any atom is -0.447 e. The molecule has 2 fully saturated rings. The SMILES string of the molecule is Cc1cc(C2CCC(CC(=O)N3C(=O)OC[C@H]3Cc3ccccc3)CC2)ccn1. The second kappa shape index (κ2) is 8.76. The topological polar surface area (TPSA) is 59.5 Å². The zero-order valence-corrected chi connectivity index (χ0v) is 16.9. The third-order valence-electron chi connectivity index (χ3n) is 6.25. The van der Waals surface area contributed by atoms with Gasteiger partial charge in [0.25, 0.3) is 0 Å². The number of pyridine rings is 1. The maximum absolute atomic E-state index is 12.9. The van der Waals surface area contributed by atoms with Gasteiger partial charge >= 0.3 is 6.09 Å². The number of ether oxygens (including phenoxy) is 1. The minimum absolute atomic E-state index is 0.0864. The number of carbonyl (C=O) groups is 2. The van der Waals surface area contributed by atoms with E-state index in [0.29, 0.717) is 24.7 Å². The van der Waals surface area contributed by atoms with Crippen LogP contribution in [0, 0.1) is 12.8 Å². The lowest BCUT2D eigenvalue weighted by Gasteiger charge is -2.30. The second-order valence-corrected chi connectivity index (χ2v) is 8.34. The van der Waals surface area contributed by atoms with Crippen LogP contribution in [0.5, 0.6) is 0 Å². The van der Waals surface area contributed by atoms with Crippen LogP contribution in [0.4, 0.5) is 4.79 Å². The Bertz CT molecular complexity index is 859. The lowest BCUT2D eigenvalue weighted by Crippen LogP contribution is -2.41. The highest BCUT2D eigenvalue weighted by Gasteiger charge is 2.38. The molecule has 0 spiro atoms. The first-order chi connectivity index (χ1) is 14.1. The number of imide groups is 1. The molecule has 2 aromatic rings. The van der Waals surface area contributed by atoms with Crippen LogP contribution in [0.3, 0.4) is 0 Å². The molecular formula is C24H28N2O3. The summed E-state index contributed by atoms with van der Waals surface area (Å²) in [6, 6.07) is 14.0. The molecule has 2 heterocycles. The zero-order valence-electron chi connectivity index (χ0n) is 16.9. The van der Waals surface area contributed by atoms with Gasteiger partial charge in [0.2, 0.25) is 5.91 Å². The third-order valence-corrected chi connectivity index (χ3v) is 6.25. The Hall–Kier alpha value is -2.69. The maximum atomic E-state index is 12.9. The summed E-state index contributed by atoms with van der Waals surface area (Å²) in [5, 5.41) is 0. The molecule has 1 saturated heterocycles. The molecule has 1 aromatic carbocycles. The monoisotopic (exact) mass is 392 g/mol. The predicted octanol–water partition coefficient (Wildman–Crippen LogP) is 4.64. The van der Waals surface area contributed by atoms with E-state index >= 15 is 0 Å². The summed E-state index contributed by atoms with van der Waals surface area (Å²) in [5.41, 5.74) is 3.52. The fraction of sp³-hybridized carbons (Fsp3) is 0.458. The highest BCUT2D eigenvalue weighted by molar-refractivity contribution is 5.93. The molecule has 0 unspecified atom stereocenters. The largest absolute Gasteiger partial charge is 0.447 e. The number of benzene rings is 1. The highest BCUT2D eigenvalue weighted by Crippen LogP contribution is 2.37. The summed E-state index contributed by atoms with van der Waals surface area (Å²) in [4.78, 5) is 30.8. The molecule has 1 aromatic heterocycles. The summed E-state index contributed by atoms with van der Waals surface area (Å²) < 4.78 is 5.21. The van der Waals surface area contributed by atoms with Gasteiger partial charge < -0.3 is 4.74 Å². The second-order valence-electron chi connectivity index (χ2n) is 8.34. The molecule has 0 radical (unpaired) electrons. The van der Waals surface area contributed by atoms with Crippen molar-refractivity contribution in [1.82, 2.24) is 9.88 Å². The van der Waals surface area contributed by atoms with Crippen molar-refractivity contribution >= 4 is 12.0 Å². The van der Waals surface area contributed by atoms with Crippen LogP contribution in [-0.2, 0) is 16.0 Å². The van der Waals surface area contributed by atoms with Crippen LogP contribution < -0.4 is 0 Å². The molecule has 5 heteroatoms. The van der Waals surface area contributed by atoms with Gasteiger partial charge in [-0.2, -0.15) is 0 Å².